The number of aliphatic hydroxyl groups is 1. The van der Waals surface area contributed by atoms with Gasteiger partial charge in [-0.1, -0.05) is 6.92 Å². The molecule has 0 aromatic carbocycles. The molecule has 0 aromatic rings. The molecule has 2 saturated heterocycles. The lowest BCUT2D eigenvalue weighted by atomic mass is 9.91. The first-order valence-corrected chi connectivity index (χ1v) is 6.91. The molecule has 0 radical (unpaired) electrons. The van der Waals surface area contributed by atoms with E-state index in [1.54, 1.807) is 11.8 Å². The Morgan fingerprint density at radius 3 is 2.11 bits per heavy atom. The highest BCUT2D eigenvalue weighted by Gasteiger charge is 2.40. The predicted molar refractivity (Wildman–Crippen MR) is 70.5 cm³/mol. The van der Waals surface area contributed by atoms with Gasteiger partial charge in [-0.05, 0) is 6.42 Å². The van der Waals surface area contributed by atoms with Crippen LogP contribution >= 0.6 is 0 Å². The van der Waals surface area contributed by atoms with E-state index in [0.29, 0.717) is 45.8 Å². The zero-order valence-electron chi connectivity index (χ0n) is 11.8. The van der Waals surface area contributed by atoms with Crippen molar-refractivity contribution < 1.29 is 14.7 Å². The molecule has 0 unspecified atom stereocenters. The number of rotatable bonds is 3. The summed E-state index contributed by atoms with van der Waals surface area (Å²) in [6, 6.07) is 0. The Bertz CT molecular complexity index is 358. The molecule has 1 N–H and O–H groups in total. The van der Waals surface area contributed by atoms with Gasteiger partial charge in [0, 0.05) is 46.2 Å². The molecule has 0 atom stereocenters. The molecule has 2 amide bonds. The molecule has 6 nitrogen and oxygen atoms in total. The average molecular weight is 269 g/mol. The summed E-state index contributed by atoms with van der Waals surface area (Å²) in [5.41, 5.74) is -0.590. The molecule has 0 aromatic heterocycles. The van der Waals surface area contributed by atoms with E-state index in [4.69, 9.17) is 0 Å². The van der Waals surface area contributed by atoms with Crippen molar-refractivity contribution in [1.29, 1.82) is 0 Å². The number of hydrogen-bond acceptors (Lipinski definition) is 4. The van der Waals surface area contributed by atoms with E-state index in [-0.39, 0.29) is 11.8 Å². The number of β-amino-alcohol motifs (C(OH)–C–C–N with tert-alkyl or cyclic N) is 1. The molecule has 2 heterocycles. The molecule has 19 heavy (non-hydrogen) atoms. The van der Waals surface area contributed by atoms with Gasteiger partial charge in [0.25, 0.3) is 0 Å². The van der Waals surface area contributed by atoms with Crippen LogP contribution in [0.4, 0.5) is 0 Å². The lowest BCUT2D eigenvalue weighted by Gasteiger charge is -2.46. The molecular formula is C13H23N3O3. The van der Waals surface area contributed by atoms with E-state index in [9.17, 15) is 14.7 Å². The maximum Gasteiger partial charge on any atom is 0.236 e. The largest absolute Gasteiger partial charge is 0.387 e. The minimum Gasteiger partial charge on any atom is -0.387 e. The fourth-order valence-corrected chi connectivity index (χ4v) is 2.68. The van der Waals surface area contributed by atoms with E-state index in [0.717, 1.165) is 6.42 Å². The van der Waals surface area contributed by atoms with Gasteiger partial charge < -0.3 is 14.9 Å². The summed E-state index contributed by atoms with van der Waals surface area (Å²) in [5, 5.41) is 9.90. The van der Waals surface area contributed by atoms with Crippen molar-refractivity contribution in [2.75, 3.05) is 45.8 Å². The van der Waals surface area contributed by atoms with Crippen LogP contribution in [0.5, 0.6) is 0 Å². The van der Waals surface area contributed by atoms with E-state index < -0.39 is 5.60 Å². The first-order chi connectivity index (χ1) is 8.93. The smallest absolute Gasteiger partial charge is 0.236 e. The molecule has 108 valence electrons. The predicted octanol–water partition coefficient (Wildman–Crippen LogP) is -0.866. The average Bonchev–Trinajstić information content (AvgIpc) is 2.36. The third-order valence-electron chi connectivity index (χ3n) is 4.13. The van der Waals surface area contributed by atoms with Gasteiger partial charge in [0.15, 0.2) is 0 Å². The Balaban J connectivity index is 1.72. The van der Waals surface area contributed by atoms with Crippen molar-refractivity contribution in [2.24, 2.45) is 0 Å². The number of carbonyl (C=O) groups excluding carboxylic acids is 2. The maximum absolute atomic E-state index is 12.1. The van der Waals surface area contributed by atoms with Gasteiger partial charge in [0.2, 0.25) is 11.8 Å². The molecule has 2 fully saturated rings. The Kier molecular flexibility index (Phi) is 4.10. The van der Waals surface area contributed by atoms with Gasteiger partial charge in [0.05, 0.1) is 12.1 Å². The monoisotopic (exact) mass is 269 g/mol. The second-order valence-corrected chi connectivity index (χ2v) is 5.61. The van der Waals surface area contributed by atoms with E-state index in [1.807, 2.05) is 16.7 Å². The number of carbonyl (C=O) groups is 2. The van der Waals surface area contributed by atoms with Crippen LogP contribution in [0, 0.1) is 0 Å². The highest BCUT2D eigenvalue weighted by molar-refractivity contribution is 5.79. The molecule has 0 spiro atoms. The van der Waals surface area contributed by atoms with E-state index in [2.05, 4.69) is 0 Å². The minimum atomic E-state index is -0.590. The Morgan fingerprint density at radius 2 is 1.63 bits per heavy atom. The zero-order valence-corrected chi connectivity index (χ0v) is 11.8. The lowest BCUT2D eigenvalue weighted by Crippen LogP contribution is -2.63. The quantitative estimate of drug-likeness (QED) is 0.724. The standard InChI is InChI=1S/C13H23N3O3/c1-3-13(19)9-14(10-13)8-12(18)16-6-4-15(5-7-16)11(2)17/h19H,3-10H2,1-2H3. The van der Waals surface area contributed by atoms with Crippen LogP contribution in [0.15, 0.2) is 0 Å². The molecule has 0 bridgehead atoms. The van der Waals surface area contributed by atoms with Gasteiger partial charge in [-0.15, -0.1) is 0 Å². The Morgan fingerprint density at radius 1 is 1.11 bits per heavy atom. The number of hydrogen-bond donors (Lipinski definition) is 1. The van der Waals surface area contributed by atoms with Crippen LogP contribution < -0.4 is 0 Å². The molecule has 0 saturated carbocycles. The maximum atomic E-state index is 12.1. The molecule has 0 aliphatic carbocycles. The van der Waals surface area contributed by atoms with Crippen molar-refractivity contribution in [2.45, 2.75) is 25.9 Å². The van der Waals surface area contributed by atoms with E-state index >= 15 is 0 Å². The van der Waals surface area contributed by atoms with Gasteiger partial charge in [-0.2, -0.15) is 0 Å². The first kappa shape index (κ1) is 14.3. The van der Waals surface area contributed by atoms with Gasteiger partial charge in [0.1, 0.15) is 0 Å². The van der Waals surface area contributed by atoms with Crippen LogP contribution in [0.2, 0.25) is 0 Å². The van der Waals surface area contributed by atoms with Crippen molar-refractivity contribution >= 4 is 11.8 Å². The van der Waals surface area contributed by atoms with Gasteiger partial charge in [-0.3, -0.25) is 14.5 Å². The summed E-state index contributed by atoms with van der Waals surface area (Å²) in [7, 11) is 0. The van der Waals surface area contributed by atoms with Crippen LogP contribution in [0.25, 0.3) is 0 Å². The SMILES string of the molecule is CCC1(O)CN(CC(=O)N2CCN(C(C)=O)CC2)C1. The number of nitrogens with zero attached hydrogens (tertiary/aromatic N) is 3. The minimum absolute atomic E-state index is 0.0721. The third-order valence-corrected chi connectivity index (χ3v) is 4.13. The second kappa shape index (κ2) is 5.46. The third kappa shape index (κ3) is 3.25. The van der Waals surface area contributed by atoms with Crippen molar-refractivity contribution in [3.8, 4) is 0 Å². The highest BCUT2D eigenvalue weighted by Crippen LogP contribution is 2.23. The van der Waals surface area contributed by atoms with Crippen LogP contribution in [-0.2, 0) is 9.59 Å². The summed E-state index contributed by atoms with van der Waals surface area (Å²) in [6.45, 7) is 7.55. The van der Waals surface area contributed by atoms with Crippen molar-refractivity contribution in [3.05, 3.63) is 0 Å². The summed E-state index contributed by atoms with van der Waals surface area (Å²) < 4.78 is 0. The summed E-state index contributed by atoms with van der Waals surface area (Å²) in [4.78, 5) is 28.8. The molecular weight excluding hydrogens is 246 g/mol. The second-order valence-electron chi connectivity index (χ2n) is 5.61. The fraction of sp³-hybridized carbons (Fsp3) is 0.846. The highest BCUT2D eigenvalue weighted by atomic mass is 16.3. The summed E-state index contributed by atoms with van der Waals surface area (Å²) in [5.74, 6) is 0.171. The Labute approximate surface area is 114 Å². The lowest BCUT2D eigenvalue weighted by molar-refractivity contribution is -0.146. The number of piperazine rings is 1. The summed E-state index contributed by atoms with van der Waals surface area (Å²) in [6.07, 6.45) is 0.731. The topological polar surface area (TPSA) is 64.1 Å². The van der Waals surface area contributed by atoms with Crippen molar-refractivity contribution in [3.63, 3.8) is 0 Å². The zero-order chi connectivity index (χ0) is 14.0. The summed E-state index contributed by atoms with van der Waals surface area (Å²) >= 11 is 0. The normalized spacial score (nSPS) is 23.1. The van der Waals surface area contributed by atoms with Crippen LogP contribution in [-0.4, -0.2) is 83.0 Å². The van der Waals surface area contributed by atoms with Gasteiger partial charge in [-0.25, -0.2) is 0 Å². The number of amides is 2. The molecule has 2 aliphatic rings. The van der Waals surface area contributed by atoms with Crippen LogP contribution in [0.3, 0.4) is 0 Å². The fourth-order valence-electron chi connectivity index (χ4n) is 2.68. The molecule has 2 rings (SSSR count). The Hall–Kier alpha value is -1.14. The van der Waals surface area contributed by atoms with Crippen LogP contribution in [0.1, 0.15) is 20.3 Å². The number of likely N-dealkylation sites (tertiary alicyclic amines) is 1. The van der Waals surface area contributed by atoms with Crippen molar-refractivity contribution in [1.82, 2.24) is 14.7 Å². The molecule has 6 heteroatoms. The van der Waals surface area contributed by atoms with E-state index in [1.165, 1.54) is 0 Å². The first-order valence-electron chi connectivity index (χ1n) is 6.91. The van der Waals surface area contributed by atoms with Gasteiger partial charge >= 0.3 is 0 Å². The molecule has 2 aliphatic heterocycles.